The molecule has 0 fully saturated rings. The Morgan fingerprint density at radius 2 is 1.97 bits per heavy atom. The first-order chi connectivity index (χ1) is 14.1. The molecule has 0 radical (unpaired) electrons. The van der Waals surface area contributed by atoms with E-state index in [1.807, 2.05) is 43.3 Å². The monoisotopic (exact) mass is 401 g/mol. The number of halogens is 1. The topological polar surface area (TPSA) is 78.8 Å². The van der Waals surface area contributed by atoms with Gasteiger partial charge in [0.25, 0.3) is 0 Å². The Morgan fingerprint density at radius 1 is 1.14 bits per heavy atom. The molecule has 142 valence electrons. The standard InChI is InChI=1S/C23H16ClN3O2/c1-14-26-21-8-4-7-19(22(21)27-14)23(28)29-13-15-9-10-18(20(24)11-15)17-6-3-2-5-16(17)12-25/h2-11H,13H2,1H3,(H,26,27). The minimum atomic E-state index is -0.436. The minimum Gasteiger partial charge on any atom is -0.457 e. The molecule has 0 aliphatic heterocycles. The van der Waals surface area contributed by atoms with Crippen LogP contribution in [0.2, 0.25) is 5.02 Å². The summed E-state index contributed by atoms with van der Waals surface area (Å²) < 4.78 is 5.48. The summed E-state index contributed by atoms with van der Waals surface area (Å²) in [7, 11) is 0. The number of rotatable bonds is 4. The molecule has 6 heteroatoms. The summed E-state index contributed by atoms with van der Waals surface area (Å²) in [5.74, 6) is 0.301. The molecule has 0 amide bonds. The van der Waals surface area contributed by atoms with Gasteiger partial charge < -0.3 is 9.72 Å². The lowest BCUT2D eigenvalue weighted by Crippen LogP contribution is -2.06. The average Bonchev–Trinajstić information content (AvgIpc) is 3.12. The van der Waals surface area contributed by atoms with Crippen molar-refractivity contribution in [2.75, 3.05) is 0 Å². The molecule has 0 aliphatic rings. The fourth-order valence-corrected chi connectivity index (χ4v) is 3.54. The molecule has 4 aromatic rings. The number of benzene rings is 3. The van der Waals surface area contributed by atoms with Gasteiger partial charge in [-0.3, -0.25) is 0 Å². The number of aromatic nitrogens is 2. The summed E-state index contributed by atoms with van der Waals surface area (Å²) in [5.41, 5.74) is 4.67. The van der Waals surface area contributed by atoms with Crippen LogP contribution in [0, 0.1) is 18.3 Å². The van der Waals surface area contributed by atoms with Gasteiger partial charge in [0, 0.05) is 16.1 Å². The van der Waals surface area contributed by atoms with E-state index in [-0.39, 0.29) is 6.61 Å². The van der Waals surface area contributed by atoms with E-state index in [1.54, 1.807) is 24.3 Å². The summed E-state index contributed by atoms with van der Waals surface area (Å²) in [6.45, 7) is 1.92. The summed E-state index contributed by atoms with van der Waals surface area (Å²) in [5, 5.41) is 9.79. The number of esters is 1. The lowest BCUT2D eigenvalue weighted by atomic mass is 9.99. The quantitative estimate of drug-likeness (QED) is 0.463. The highest BCUT2D eigenvalue weighted by molar-refractivity contribution is 6.33. The Hall–Kier alpha value is -3.62. The van der Waals surface area contributed by atoms with Gasteiger partial charge >= 0.3 is 5.97 Å². The maximum atomic E-state index is 12.6. The minimum absolute atomic E-state index is 0.0856. The zero-order valence-electron chi connectivity index (χ0n) is 15.6. The van der Waals surface area contributed by atoms with E-state index in [0.717, 1.165) is 28.0 Å². The van der Waals surface area contributed by atoms with E-state index < -0.39 is 5.97 Å². The van der Waals surface area contributed by atoms with Crippen molar-refractivity contribution in [1.29, 1.82) is 5.26 Å². The molecule has 3 aromatic carbocycles. The Balaban J connectivity index is 1.54. The van der Waals surface area contributed by atoms with Gasteiger partial charge in [-0.15, -0.1) is 0 Å². The number of fused-ring (bicyclic) bond motifs is 1. The van der Waals surface area contributed by atoms with Crippen LogP contribution >= 0.6 is 11.6 Å². The zero-order chi connectivity index (χ0) is 20.4. The van der Waals surface area contributed by atoms with Gasteiger partial charge in [-0.05, 0) is 36.8 Å². The predicted octanol–water partition coefficient (Wildman–Crippen LogP) is 5.42. The van der Waals surface area contributed by atoms with Gasteiger partial charge in [0.05, 0.1) is 28.2 Å². The Bertz CT molecular complexity index is 1270. The molecule has 0 spiro atoms. The van der Waals surface area contributed by atoms with Crippen LogP contribution in [-0.2, 0) is 11.3 Å². The molecule has 0 saturated carbocycles. The molecule has 5 nitrogen and oxygen atoms in total. The van der Waals surface area contributed by atoms with Crippen LogP contribution in [0.5, 0.6) is 0 Å². The number of aryl methyl sites for hydroxylation is 1. The smallest absolute Gasteiger partial charge is 0.340 e. The van der Waals surface area contributed by atoms with Crippen molar-refractivity contribution in [1.82, 2.24) is 9.97 Å². The van der Waals surface area contributed by atoms with Crippen LogP contribution in [0.15, 0.2) is 60.7 Å². The van der Waals surface area contributed by atoms with Gasteiger partial charge in [0.15, 0.2) is 0 Å². The van der Waals surface area contributed by atoms with Crippen LogP contribution < -0.4 is 0 Å². The van der Waals surface area contributed by atoms with Crippen LogP contribution in [-0.4, -0.2) is 15.9 Å². The number of nitrogens with zero attached hydrogens (tertiary/aromatic N) is 2. The van der Waals surface area contributed by atoms with Crippen molar-refractivity contribution in [3.8, 4) is 17.2 Å². The summed E-state index contributed by atoms with van der Waals surface area (Å²) in [6, 6.07) is 20.2. The number of aromatic amines is 1. The summed E-state index contributed by atoms with van der Waals surface area (Å²) in [6.07, 6.45) is 0. The largest absolute Gasteiger partial charge is 0.457 e. The number of carbonyl (C=O) groups is 1. The number of nitriles is 1. The summed E-state index contributed by atoms with van der Waals surface area (Å²) in [4.78, 5) is 20.0. The van der Waals surface area contributed by atoms with Crippen molar-refractivity contribution < 1.29 is 9.53 Å². The maximum Gasteiger partial charge on any atom is 0.340 e. The lowest BCUT2D eigenvalue weighted by Gasteiger charge is -2.10. The zero-order valence-corrected chi connectivity index (χ0v) is 16.3. The average molecular weight is 402 g/mol. The second-order valence-corrected chi connectivity index (χ2v) is 6.98. The van der Waals surface area contributed by atoms with Crippen LogP contribution in [0.25, 0.3) is 22.2 Å². The van der Waals surface area contributed by atoms with Crippen molar-refractivity contribution in [3.63, 3.8) is 0 Å². The van der Waals surface area contributed by atoms with Crippen molar-refractivity contribution in [2.24, 2.45) is 0 Å². The third-order valence-electron chi connectivity index (χ3n) is 4.60. The number of H-pyrrole nitrogens is 1. The molecule has 29 heavy (non-hydrogen) atoms. The molecule has 0 aliphatic carbocycles. The number of hydrogen-bond acceptors (Lipinski definition) is 4. The molecule has 0 atom stereocenters. The summed E-state index contributed by atoms with van der Waals surface area (Å²) >= 11 is 6.44. The molecule has 1 aromatic heterocycles. The van der Waals surface area contributed by atoms with Gasteiger partial charge in [0.2, 0.25) is 0 Å². The van der Waals surface area contributed by atoms with Gasteiger partial charge in [-0.25, -0.2) is 9.78 Å². The van der Waals surface area contributed by atoms with Crippen molar-refractivity contribution in [2.45, 2.75) is 13.5 Å². The third-order valence-corrected chi connectivity index (χ3v) is 4.91. The fraction of sp³-hybridized carbons (Fsp3) is 0.0870. The van der Waals surface area contributed by atoms with Gasteiger partial charge in [-0.2, -0.15) is 5.26 Å². The normalized spacial score (nSPS) is 10.7. The van der Waals surface area contributed by atoms with E-state index in [0.29, 0.717) is 21.7 Å². The SMILES string of the molecule is Cc1nc2cccc(C(=O)OCc3ccc(-c4ccccc4C#N)c(Cl)c3)c2[nH]1. The van der Waals surface area contributed by atoms with Crippen LogP contribution in [0.3, 0.4) is 0 Å². The predicted molar refractivity (Wildman–Crippen MR) is 112 cm³/mol. The highest BCUT2D eigenvalue weighted by Gasteiger charge is 2.15. The number of nitrogens with one attached hydrogen (secondary N) is 1. The number of para-hydroxylation sites is 1. The molecular formula is C23H16ClN3O2. The number of hydrogen-bond donors (Lipinski definition) is 1. The molecule has 0 bridgehead atoms. The van der Waals surface area contributed by atoms with Crippen LogP contribution in [0.1, 0.15) is 27.3 Å². The Kier molecular flexibility index (Phi) is 5.03. The van der Waals surface area contributed by atoms with Gasteiger partial charge in [0.1, 0.15) is 12.4 Å². The van der Waals surface area contributed by atoms with Crippen LogP contribution in [0.4, 0.5) is 0 Å². The number of ether oxygens (including phenoxy) is 1. The van der Waals surface area contributed by atoms with E-state index in [2.05, 4.69) is 16.0 Å². The fourth-order valence-electron chi connectivity index (χ4n) is 3.23. The number of imidazole rings is 1. The Morgan fingerprint density at radius 3 is 2.76 bits per heavy atom. The van der Waals surface area contributed by atoms with E-state index in [9.17, 15) is 10.1 Å². The molecule has 1 heterocycles. The first-order valence-electron chi connectivity index (χ1n) is 8.97. The number of carbonyl (C=O) groups excluding carboxylic acids is 1. The van der Waals surface area contributed by atoms with Gasteiger partial charge in [-0.1, -0.05) is 48.0 Å². The maximum absolute atomic E-state index is 12.6. The molecule has 1 N–H and O–H groups in total. The molecule has 0 unspecified atom stereocenters. The van der Waals surface area contributed by atoms with Crippen molar-refractivity contribution in [3.05, 3.63) is 88.2 Å². The third kappa shape index (κ3) is 3.71. The second kappa shape index (κ2) is 7.78. The van der Waals surface area contributed by atoms with E-state index >= 15 is 0 Å². The second-order valence-electron chi connectivity index (χ2n) is 6.57. The van der Waals surface area contributed by atoms with E-state index in [4.69, 9.17) is 16.3 Å². The molecular weight excluding hydrogens is 386 g/mol. The molecule has 0 saturated heterocycles. The van der Waals surface area contributed by atoms with Crippen molar-refractivity contribution >= 4 is 28.6 Å². The first kappa shape index (κ1) is 18.7. The lowest BCUT2D eigenvalue weighted by molar-refractivity contribution is 0.0475. The highest BCUT2D eigenvalue weighted by Crippen LogP contribution is 2.31. The first-order valence-corrected chi connectivity index (χ1v) is 9.35. The molecule has 4 rings (SSSR count). The van der Waals surface area contributed by atoms with E-state index in [1.165, 1.54) is 0 Å². The Labute approximate surface area is 172 Å². The highest BCUT2D eigenvalue weighted by atomic mass is 35.5.